The second kappa shape index (κ2) is 8.53. The van der Waals surface area contributed by atoms with Crippen LogP contribution in [0.3, 0.4) is 0 Å². The number of benzene rings is 1. The lowest BCUT2D eigenvalue weighted by atomic mass is 9.90. The predicted octanol–water partition coefficient (Wildman–Crippen LogP) is 2.04. The van der Waals surface area contributed by atoms with Gasteiger partial charge in [-0.1, -0.05) is 11.6 Å². The summed E-state index contributed by atoms with van der Waals surface area (Å²) in [6.45, 7) is 2.30. The fourth-order valence-electron chi connectivity index (χ4n) is 3.10. The van der Waals surface area contributed by atoms with Crippen molar-refractivity contribution in [1.82, 2.24) is 15.1 Å². The first-order valence-electron chi connectivity index (χ1n) is 8.50. The van der Waals surface area contributed by atoms with Crippen LogP contribution in [0.4, 0.5) is 5.69 Å². The molecule has 7 nitrogen and oxygen atoms in total. The van der Waals surface area contributed by atoms with Gasteiger partial charge >= 0.3 is 0 Å². The van der Waals surface area contributed by atoms with Crippen molar-refractivity contribution in [3.63, 3.8) is 0 Å². The second-order valence-electron chi connectivity index (χ2n) is 6.29. The number of nitrogens with zero attached hydrogens (tertiary/aromatic N) is 2. The van der Waals surface area contributed by atoms with Crippen LogP contribution in [0.2, 0.25) is 5.02 Å². The first-order valence-corrected chi connectivity index (χ1v) is 8.87. The molecule has 1 aliphatic rings. The number of halogens is 1. The van der Waals surface area contributed by atoms with E-state index in [9.17, 15) is 4.79 Å². The molecule has 140 valence electrons. The normalized spacial score (nSPS) is 19.5. The van der Waals surface area contributed by atoms with Crippen LogP contribution in [-0.2, 0) is 16.6 Å². The maximum Gasteiger partial charge on any atom is 0.229 e. The number of aromatic nitrogens is 2. The minimum Gasteiger partial charge on any atom is -0.490 e. The van der Waals surface area contributed by atoms with Crippen molar-refractivity contribution in [3.05, 3.63) is 41.2 Å². The number of ether oxygens (including phenoxy) is 2. The molecule has 0 radical (unpaired) electrons. The van der Waals surface area contributed by atoms with E-state index in [1.165, 1.54) is 0 Å². The van der Waals surface area contributed by atoms with Gasteiger partial charge in [-0.25, -0.2) is 0 Å². The lowest BCUT2D eigenvalue weighted by Gasteiger charge is -2.17. The Morgan fingerprint density at radius 2 is 2.27 bits per heavy atom. The van der Waals surface area contributed by atoms with Crippen molar-refractivity contribution >= 4 is 23.2 Å². The molecule has 0 saturated carbocycles. The first kappa shape index (κ1) is 18.7. The molecule has 2 atom stereocenters. The van der Waals surface area contributed by atoms with Crippen LogP contribution in [0.1, 0.15) is 11.5 Å². The Morgan fingerprint density at radius 1 is 1.42 bits per heavy atom. The van der Waals surface area contributed by atoms with Crippen molar-refractivity contribution in [2.75, 3.05) is 38.7 Å². The van der Waals surface area contributed by atoms with E-state index in [0.29, 0.717) is 36.2 Å². The molecule has 8 heteroatoms. The topological polar surface area (TPSA) is 77.4 Å². The molecule has 3 rings (SSSR count). The Kier molecular flexibility index (Phi) is 6.13. The zero-order valence-electron chi connectivity index (χ0n) is 14.9. The molecule has 0 aliphatic carbocycles. The third kappa shape index (κ3) is 4.35. The van der Waals surface area contributed by atoms with Gasteiger partial charge in [-0.15, -0.1) is 0 Å². The van der Waals surface area contributed by atoms with Crippen LogP contribution < -0.4 is 15.4 Å². The molecule has 1 aromatic heterocycles. The van der Waals surface area contributed by atoms with Gasteiger partial charge in [0.1, 0.15) is 12.4 Å². The Balaban J connectivity index is 1.64. The molecular formula is C18H23ClN4O3. The molecular weight excluding hydrogens is 356 g/mol. The van der Waals surface area contributed by atoms with Gasteiger partial charge < -0.3 is 20.1 Å². The van der Waals surface area contributed by atoms with E-state index in [0.717, 1.165) is 12.1 Å². The Labute approximate surface area is 157 Å². The molecule has 1 fully saturated rings. The van der Waals surface area contributed by atoms with Crippen molar-refractivity contribution in [2.24, 2.45) is 13.0 Å². The fraction of sp³-hybridized carbons (Fsp3) is 0.444. The molecule has 0 unspecified atom stereocenters. The molecule has 2 aromatic rings. The van der Waals surface area contributed by atoms with Gasteiger partial charge in [0.2, 0.25) is 5.91 Å². The number of rotatable bonds is 7. The maximum atomic E-state index is 12.7. The highest BCUT2D eigenvalue weighted by atomic mass is 35.5. The number of carbonyl (C=O) groups excluding carboxylic acids is 1. The summed E-state index contributed by atoms with van der Waals surface area (Å²) in [5.41, 5.74) is 1.72. The molecule has 1 saturated heterocycles. The number of hydrogen-bond acceptors (Lipinski definition) is 5. The van der Waals surface area contributed by atoms with E-state index >= 15 is 0 Å². The second-order valence-corrected chi connectivity index (χ2v) is 6.70. The van der Waals surface area contributed by atoms with Crippen LogP contribution in [-0.4, -0.2) is 49.1 Å². The minimum atomic E-state index is -0.157. The summed E-state index contributed by atoms with van der Waals surface area (Å²) in [5, 5.41) is 10.9. The number of methoxy groups -OCH3 is 1. The first-order chi connectivity index (χ1) is 12.6. The number of aryl methyl sites for hydroxylation is 1. The van der Waals surface area contributed by atoms with Crippen LogP contribution in [0.15, 0.2) is 30.6 Å². The molecule has 2 N–H and O–H groups in total. The minimum absolute atomic E-state index is 0.0343. The molecule has 0 bridgehead atoms. The van der Waals surface area contributed by atoms with Gasteiger partial charge in [-0.05, 0) is 23.8 Å². The third-order valence-electron chi connectivity index (χ3n) is 4.45. The lowest BCUT2D eigenvalue weighted by molar-refractivity contribution is -0.119. The van der Waals surface area contributed by atoms with E-state index in [2.05, 4.69) is 15.7 Å². The van der Waals surface area contributed by atoms with E-state index in [1.807, 2.05) is 19.4 Å². The van der Waals surface area contributed by atoms with Gasteiger partial charge in [-0.3, -0.25) is 9.48 Å². The third-order valence-corrected chi connectivity index (χ3v) is 4.74. The zero-order valence-corrected chi connectivity index (χ0v) is 15.6. The molecule has 1 aromatic carbocycles. The SMILES string of the molecule is COCCOc1ccc(NC(=O)[C@H]2CNC[C@@H]2c2cnn(C)c2)cc1Cl. The van der Waals surface area contributed by atoms with Gasteiger partial charge in [-0.2, -0.15) is 5.10 Å². The van der Waals surface area contributed by atoms with Crippen LogP contribution >= 0.6 is 11.6 Å². The molecule has 2 heterocycles. The molecule has 1 amide bonds. The van der Waals surface area contributed by atoms with Crippen molar-refractivity contribution in [3.8, 4) is 5.75 Å². The number of anilines is 1. The fourth-order valence-corrected chi connectivity index (χ4v) is 3.34. The summed E-state index contributed by atoms with van der Waals surface area (Å²) in [4.78, 5) is 12.7. The predicted molar refractivity (Wildman–Crippen MR) is 99.8 cm³/mol. The van der Waals surface area contributed by atoms with Crippen molar-refractivity contribution in [2.45, 2.75) is 5.92 Å². The largest absolute Gasteiger partial charge is 0.490 e. The van der Waals surface area contributed by atoms with Crippen molar-refractivity contribution < 1.29 is 14.3 Å². The van der Waals surface area contributed by atoms with Crippen LogP contribution in [0.25, 0.3) is 0 Å². The summed E-state index contributed by atoms with van der Waals surface area (Å²) >= 11 is 6.24. The van der Waals surface area contributed by atoms with E-state index in [-0.39, 0.29) is 17.7 Å². The highest BCUT2D eigenvalue weighted by molar-refractivity contribution is 6.32. The van der Waals surface area contributed by atoms with Crippen LogP contribution in [0, 0.1) is 5.92 Å². The number of amides is 1. The van der Waals surface area contributed by atoms with Gasteiger partial charge in [0.05, 0.1) is 23.7 Å². The van der Waals surface area contributed by atoms with Gasteiger partial charge in [0.25, 0.3) is 0 Å². The Morgan fingerprint density at radius 3 is 2.96 bits per heavy atom. The molecule has 26 heavy (non-hydrogen) atoms. The van der Waals surface area contributed by atoms with E-state index < -0.39 is 0 Å². The summed E-state index contributed by atoms with van der Waals surface area (Å²) in [7, 11) is 3.49. The quantitative estimate of drug-likeness (QED) is 0.721. The Hall–Kier alpha value is -2.09. The van der Waals surface area contributed by atoms with E-state index in [1.54, 1.807) is 30.0 Å². The van der Waals surface area contributed by atoms with Gasteiger partial charge in [0, 0.05) is 45.0 Å². The molecule has 1 aliphatic heterocycles. The van der Waals surface area contributed by atoms with Gasteiger partial charge in [0.15, 0.2) is 0 Å². The summed E-state index contributed by atoms with van der Waals surface area (Å²) in [6, 6.07) is 5.23. The van der Waals surface area contributed by atoms with Crippen molar-refractivity contribution in [1.29, 1.82) is 0 Å². The Bertz CT molecular complexity index is 765. The average Bonchev–Trinajstić information content (AvgIpc) is 3.25. The highest BCUT2D eigenvalue weighted by Gasteiger charge is 2.34. The van der Waals surface area contributed by atoms with Crippen LogP contribution in [0.5, 0.6) is 5.75 Å². The number of hydrogen-bond donors (Lipinski definition) is 2. The smallest absolute Gasteiger partial charge is 0.229 e. The highest BCUT2D eigenvalue weighted by Crippen LogP contribution is 2.31. The zero-order chi connectivity index (χ0) is 18.5. The summed E-state index contributed by atoms with van der Waals surface area (Å²) in [6.07, 6.45) is 3.78. The maximum absolute atomic E-state index is 12.7. The molecule has 0 spiro atoms. The lowest BCUT2D eigenvalue weighted by Crippen LogP contribution is -2.28. The summed E-state index contributed by atoms with van der Waals surface area (Å²) in [5.74, 6) is 0.483. The standard InChI is InChI=1S/C18H23ClN4O3/c1-23-11-12(8-21-23)14-9-20-10-15(14)18(24)22-13-3-4-17(16(19)7-13)26-6-5-25-2/h3-4,7-8,11,14-15,20H,5-6,9-10H2,1-2H3,(H,22,24)/t14-,15+/m1/s1. The monoisotopic (exact) mass is 378 g/mol. The average molecular weight is 379 g/mol. The summed E-state index contributed by atoms with van der Waals surface area (Å²) < 4.78 is 12.2. The van der Waals surface area contributed by atoms with E-state index in [4.69, 9.17) is 21.1 Å². The number of carbonyl (C=O) groups is 1. The number of nitrogens with one attached hydrogen (secondary N) is 2.